The molecule has 0 aliphatic carbocycles. The average Bonchev–Trinajstić information content (AvgIpc) is 2.88. The number of benzene rings is 2. The molecule has 1 heterocycles. The van der Waals surface area contributed by atoms with E-state index in [1.54, 1.807) is 0 Å². The van der Waals surface area contributed by atoms with Crippen LogP contribution in [0.2, 0.25) is 0 Å². The Kier molecular flexibility index (Phi) is 3.70. The fourth-order valence-corrected chi connectivity index (χ4v) is 2.71. The molecule has 1 aromatic heterocycles. The highest BCUT2D eigenvalue weighted by Crippen LogP contribution is 2.27. The van der Waals surface area contributed by atoms with E-state index in [9.17, 15) is 0 Å². The van der Waals surface area contributed by atoms with Gasteiger partial charge < -0.3 is 9.30 Å². The summed E-state index contributed by atoms with van der Waals surface area (Å²) >= 11 is 0. The number of ether oxygens (including phenoxy) is 1. The predicted molar refractivity (Wildman–Crippen MR) is 88.1 cm³/mol. The molecule has 21 heavy (non-hydrogen) atoms. The molecule has 3 aromatic rings. The number of fused-ring (bicyclic) bond motifs is 1. The van der Waals surface area contributed by atoms with Gasteiger partial charge in [0, 0.05) is 18.1 Å². The maximum Gasteiger partial charge on any atom is 0.128 e. The molecule has 108 valence electrons. The molecule has 0 bridgehead atoms. The lowest BCUT2D eigenvalue weighted by Crippen LogP contribution is -1.99. The van der Waals surface area contributed by atoms with Gasteiger partial charge >= 0.3 is 0 Å². The first-order chi connectivity index (χ1) is 10.2. The minimum atomic E-state index is 0.696. The van der Waals surface area contributed by atoms with Crippen molar-refractivity contribution in [2.75, 3.05) is 6.61 Å². The Morgan fingerprint density at radius 3 is 2.62 bits per heavy atom. The molecule has 0 spiro atoms. The molecular formula is C19H21NO. The highest BCUT2D eigenvalue weighted by molar-refractivity contribution is 5.86. The number of nitrogens with zero attached hydrogens (tertiary/aromatic N) is 1. The summed E-state index contributed by atoms with van der Waals surface area (Å²) in [6, 6.07) is 15.1. The van der Waals surface area contributed by atoms with Crippen molar-refractivity contribution in [2.24, 2.45) is 0 Å². The summed E-state index contributed by atoms with van der Waals surface area (Å²) in [5, 5.41) is 1.18. The zero-order valence-electron chi connectivity index (χ0n) is 12.9. The van der Waals surface area contributed by atoms with Crippen LogP contribution in [-0.2, 0) is 6.54 Å². The van der Waals surface area contributed by atoms with Crippen LogP contribution >= 0.6 is 0 Å². The monoisotopic (exact) mass is 279 g/mol. The number of hydrogen-bond donors (Lipinski definition) is 0. The molecule has 0 saturated heterocycles. The van der Waals surface area contributed by atoms with Crippen LogP contribution in [0.4, 0.5) is 0 Å². The Morgan fingerprint density at radius 2 is 1.86 bits per heavy atom. The van der Waals surface area contributed by atoms with Crippen molar-refractivity contribution in [3.63, 3.8) is 0 Å². The largest absolute Gasteiger partial charge is 0.493 e. The number of rotatable bonds is 4. The molecule has 0 fully saturated rings. The molecule has 0 aliphatic heterocycles. The average molecular weight is 279 g/mol. The predicted octanol–water partition coefficient (Wildman–Crippen LogP) is 4.71. The van der Waals surface area contributed by atoms with Gasteiger partial charge in [0.2, 0.25) is 0 Å². The van der Waals surface area contributed by atoms with Crippen LogP contribution in [0, 0.1) is 13.8 Å². The zero-order valence-corrected chi connectivity index (χ0v) is 12.9. The lowest BCUT2D eigenvalue weighted by Gasteiger charge is -2.09. The lowest BCUT2D eigenvalue weighted by molar-refractivity contribution is 0.344. The van der Waals surface area contributed by atoms with Gasteiger partial charge in [-0.05, 0) is 55.7 Å². The first kappa shape index (κ1) is 13.7. The van der Waals surface area contributed by atoms with Gasteiger partial charge in [0.15, 0.2) is 0 Å². The molecule has 2 aromatic carbocycles. The molecule has 2 nitrogen and oxygen atoms in total. The maximum absolute atomic E-state index is 5.70. The third-order valence-electron chi connectivity index (χ3n) is 4.00. The van der Waals surface area contributed by atoms with Crippen molar-refractivity contribution in [1.29, 1.82) is 0 Å². The highest BCUT2D eigenvalue weighted by atomic mass is 16.5. The Hall–Kier alpha value is -2.22. The topological polar surface area (TPSA) is 14.2 Å². The van der Waals surface area contributed by atoms with Crippen LogP contribution in [0.15, 0.2) is 48.7 Å². The Morgan fingerprint density at radius 1 is 1.00 bits per heavy atom. The van der Waals surface area contributed by atoms with Crippen molar-refractivity contribution in [3.05, 3.63) is 65.4 Å². The molecule has 0 unspecified atom stereocenters. The summed E-state index contributed by atoms with van der Waals surface area (Å²) in [5.74, 6) is 0.967. The first-order valence-electron chi connectivity index (χ1n) is 7.46. The van der Waals surface area contributed by atoms with Crippen LogP contribution in [0.3, 0.4) is 0 Å². The van der Waals surface area contributed by atoms with Crippen molar-refractivity contribution in [3.8, 4) is 5.75 Å². The van der Waals surface area contributed by atoms with Gasteiger partial charge in [-0.25, -0.2) is 0 Å². The van der Waals surface area contributed by atoms with Crippen LogP contribution in [-0.4, -0.2) is 11.2 Å². The minimum absolute atomic E-state index is 0.696. The van der Waals surface area contributed by atoms with E-state index < -0.39 is 0 Å². The summed E-state index contributed by atoms with van der Waals surface area (Å²) in [6.45, 7) is 7.92. The summed E-state index contributed by atoms with van der Waals surface area (Å²) in [5.41, 5.74) is 5.24. The van der Waals surface area contributed by atoms with Gasteiger partial charge in [0.1, 0.15) is 5.75 Å². The standard InChI is InChI=1S/C19H21NO/c1-4-21-19-7-5-6-18-17(19)10-11-20(18)13-16-9-8-14(2)15(3)12-16/h5-12H,4,13H2,1-3H3. The van der Waals surface area contributed by atoms with Crippen molar-refractivity contribution < 1.29 is 4.74 Å². The Labute approximate surface area is 126 Å². The summed E-state index contributed by atoms with van der Waals surface area (Å²) in [6.07, 6.45) is 2.14. The normalized spacial score (nSPS) is 11.0. The molecule has 0 N–H and O–H groups in total. The fourth-order valence-electron chi connectivity index (χ4n) is 2.71. The molecule has 2 heteroatoms. The van der Waals surface area contributed by atoms with Gasteiger partial charge in [-0.3, -0.25) is 0 Å². The van der Waals surface area contributed by atoms with Crippen LogP contribution < -0.4 is 4.74 Å². The fraction of sp³-hybridized carbons (Fsp3) is 0.263. The molecule has 0 amide bonds. The first-order valence-corrected chi connectivity index (χ1v) is 7.46. The van der Waals surface area contributed by atoms with E-state index in [0.29, 0.717) is 6.61 Å². The molecule has 3 rings (SSSR count). The molecule has 0 aliphatic rings. The lowest BCUT2D eigenvalue weighted by atomic mass is 10.1. The summed E-state index contributed by atoms with van der Waals surface area (Å²) < 4.78 is 7.98. The summed E-state index contributed by atoms with van der Waals surface area (Å²) in [7, 11) is 0. The maximum atomic E-state index is 5.70. The third-order valence-corrected chi connectivity index (χ3v) is 4.00. The second-order valence-corrected chi connectivity index (χ2v) is 5.48. The molecule has 0 atom stereocenters. The molecular weight excluding hydrogens is 258 g/mol. The van der Waals surface area contributed by atoms with Gasteiger partial charge in [-0.1, -0.05) is 24.3 Å². The smallest absolute Gasteiger partial charge is 0.128 e. The Balaban J connectivity index is 1.97. The van der Waals surface area contributed by atoms with Gasteiger partial charge in [-0.2, -0.15) is 0 Å². The number of hydrogen-bond acceptors (Lipinski definition) is 1. The van der Waals surface area contributed by atoms with Crippen molar-refractivity contribution in [2.45, 2.75) is 27.3 Å². The van der Waals surface area contributed by atoms with E-state index in [-0.39, 0.29) is 0 Å². The van der Waals surface area contributed by atoms with E-state index in [1.807, 2.05) is 13.0 Å². The van der Waals surface area contributed by atoms with E-state index >= 15 is 0 Å². The zero-order chi connectivity index (χ0) is 14.8. The van der Waals surface area contributed by atoms with Crippen LogP contribution in [0.25, 0.3) is 10.9 Å². The van der Waals surface area contributed by atoms with Crippen molar-refractivity contribution in [1.82, 2.24) is 4.57 Å². The second kappa shape index (κ2) is 5.65. The quantitative estimate of drug-likeness (QED) is 0.675. The van der Waals surface area contributed by atoms with E-state index in [2.05, 4.69) is 61.0 Å². The highest BCUT2D eigenvalue weighted by Gasteiger charge is 2.07. The summed E-state index contributed by atoms with van der Waals surface area (Å²) in [4.78, 5) is 0. The molecule has 0 saturated carbocycles. The number of aromatic nitrogens is 1. The van der Waals surface area contributed by atoms with E-state index in [4.69, 9.17) is 4.74 Å². The minimum Gasteiger partial charge on any atom is -0.493 e. The van der Waals surface area contributed by atoms with Gasteiger partial charge in [-0.15, -0.1) is 0 Å². The van der Waals surface area contributed by atoms with E-state index in [1.165, 1.54) is 27.6 Å². The second-order valence-electron chi connectivity index (χ2n) is 5.48. The van der Waals surface area contributed by atoms with E-state index in [0.717, 1.165) is 12.3 Å². The van der Waals surface area contributed by atoms with Crippen LogP contribution in [0.1, 0.15) is 23.6 Å². The SMILES string of the molecule is CCOc1cccc2c1ccn2Cc1ccc(C)c(C)c1. The molecule has 0 radical (unpaired) electrons. The van der Waals surface area contributed by atoms with Gasteiger partial charge in [0.25, 0.3) is 0 Å². The van der Waals surface area contributed by atoms with Crippen LogP contribution in [0.5, 0.6) is 5.75 Å². The Bertz CT molecular complexity index is 770. The third kappa shape index (κ3) is 2.66. The van der Waals surface area contributed by atoms with Gasteiger partial charge in [0.05, 0.1) is 12.1 Å². The number of aryl methyl sites for hydroxylation is 2. The van der Waals surface area contributed by atoms with Crippen molar-refractivity contribution >= 4 is 10.9 Å².